The summed E-state index contributed by atoms with van der Waals surface area (Å²) in [6.45, 7) is 4.38. The van der Waals surface area contributed by atoms with E-state index in [1.54, 1.807) is 7.05 Å². The first-order chi connectivity index (χ1) is 15.0. The summed E-state index contributed by atoms with van der Waals surface area (Å²) >= 11 is 6.07. The minimum Gasteiger partial charge on any atom is -0.359 e. The predicted molar refractivity (Wildman–Crippen MR) is 123 cm³/mol. The molecule has 31 heavy (non-hydrogen) atoms. The number of aromatic nitrogens is 2. The van der Waals surface area contributed by atoms with Gasteiger partial charge in [0.05, 0.1) is 5.69 Å². The smallest absolute Gasteiger partial charge is 0.286 e. The zero-order chi connectivity index (χ0) is 22.2. The third kappa shape index (κ3) is 6.31. The fourth-order valence-corrected chi connectivity index (χ4v) is 4.08. The number of nitrogens with one attached hydrogen (secondary N) is 2. The zero-order valence-corrected chi connectivity index (χ0v) is 19.2. The average molecular weight is 446 g/mol. The molecule has 1 fully saturated rings. The Morgan fingerprint density at radius 2 is 1.77 bits per heavy atom. The standard InChI is InChI=1S/C23H32ClN5O2/c1-17-21(23(31)27-28-14-6-4-7-15-28)26-29(16-8-3-5-9-20(30)25-2)22(17)18-10-12-19(24)13-11-18/h10-13H,3-9,14-16H2,1-2H3,(H,25,30)(H,27,31). The van der Waals surface area contributed by atoms with Gasteiger partial charge in [-0.15, -0.1) is 0 Å². The number of halogens is 1. The number of amides is 2. The maximum absolute atomic E-state index is 13.0. The summed E-state index contributed by atoms with van der Waals surface area (Å²) < 4.78 is 1.92. The molecule has 0 radical (unpaired) electrons. The normalized spacial score (nSPS) is 14.4. The van der Waals surface area contributed by atoms with Crippen LogP contribution in [0.1, 0.15) is 61.0 Å². The van der Waals surface area contributed by atoms with Crippen LogP contribution in [0, 0.1) is 6.92 Å². The van der Waals surface area contributed by atoms with Crippen molar-refractivity contribution in [3.05, 3.63) is 40.5 Å². The Kier molecular flexibility index (Phi) is 8.49. The number of rotatable bonds is 9. The fraction of sp³-hybridized carbons (Fsp3) is 0.522. The first-order valence-corrected chi connectivity index (χ1v) is 11.5. The second kappa shape index (κ2) is 11.3. The number of carbonyl (C=O) groups is 2. The topological polar surface area (TPSA) is 79.3 Å². The molecule has 0 aliphatic carbocycles. The first-order valence-electron chi connectivity index (χ1n) is 11.1. The van der Waals surface area contributed by atoms with Crippen molar-refractivity contribution in [2.75, 3.05) is 20.1 Å². The van der Waals surface area contributed by atoms with E-state index in [1.165, 1.54) is 6.42 Å². The SMILES string of the molecule is CNC(=O)CCCCCn1nc(C(=O)NN2CCCCC2)c(C)c1-c1ccc(Cl)cc1. The third-order valence-corrected chi connectivity index (χ3v) is 5.94. The molecule has 0 unspecified atom stereocenters. The minimum atomic E-state index is -0.159. The molecule has 8 heteroatoms. The van der Waals surface area contributed by atoms with Gasteiger partial charge in [-0.25, -0.2) is 5.01 Å². The summed E-state index contributed by atoms with van der Waals surface area (Å²) in [5.74, 6) is -0.0959. The van der Waals surface area contributed by atoms with Gasteiger partial charge in [0, 0.05) is 49.3 Å². The van der Waals surface area contributed by atoms with Gasteiger partial charge in [-0.3, -0.25) is 19.7 Å². The number of nitrogens with zero attached hydrogens (tertiary/aromatic N) is 3. The van der Waals surface area contributed by atoms with Gasteiger partial charge in [-0.2, -0.15) is 5.10 Å². The first kappa shape index (κ1) is 23.3. The van der Waals surface area contributed by atoms with E-state index in [9.17, 15) is 9.59 Å². The van der Waals surface area contributed by atoms with Gasteiger partial charge >= 0.3 is 0 Å². The number of carbonyl (C=O) groups excluding carboxylic acids is 2. The van der Waals surface area contributed by atoms with E-state index in [0.717, 1.165) is 62.0 Å². The summed E-state index contributed by atoms with van der Waals surface area (Å²) in [7, 11) is 1.66. The van der Waals surface area contributed by atoms with Gasteiger partial charge in [-0.05, 0) is 44.7 Å². The Hall–Kier alpha value is -2.38. The number of aryl methyl sites for hydroxylation is 1. The number of hydrazine groups is 1. The molecule has 2 amide bonds. The van der Waals surface area contributed by atoms with Crippen LogP contribution < -0.4 is 10.7 Å². The maximum atomic E-state index is 13.0. The lowest BCUT2D eigenvalue weighted by Crippen LogP contribution is -2.45. The van der Waals surface area contributed by atoms with Gasteiger partial charge in [-0.1, -0.05) is 36.6 Å². The lowest BCUT2D eigenvalue weighted by atomic mass is 10.1. The molecule has 1 aliphatic rings. The van der Waals surface area contributed by atoms with Crippen LogP contribution in [0.5, 0.6) is 0 Å². The molecule has 1 aromatic heterocycles. The highest BCUT2D eigenvalue weighted by Gasteiger charge is 2.23. The highest BCUT2D eigenvalue weighted by Crippen LogP contribution is 2.28. The fourth-order valence-electron chi connectivity index (χ4n) is 3.95. The molecule has 3 rings (SSSR count). The van der Waals surface area contributed by atoms with E-state index < -0.39 is 0 Å². The van der Waals surface area contributed by atoms with Gasteiger partial charge in [0.1, 0.15) is 0 Å². The Balaban J connectivity index is 1.76. The number of hydrogen-bond acceptors (Lipinski definition) is 4. The van der Waals surface area contributed by atoms with Crippen molar-refractivity contribution in [1.82, 2.24) is 25.5 Å². The van der Waals surface area contributed by atoms with E-state index in [-0.39, 0.29) is 11.8 Å². The van der Waals surface area contributed by atoms with E-state index >= 15 is 0 Å². The van der Waals surface area contributed by atoms with E-state index in [2.05, 4.69) is 15.8 Å². The summed E-state index contributed by atoms with van der Waals surface area (Å²) in [6, 6.07) is 7.62. The van der Waals surface area contributed by atoms with Crippen molar-refractivity contribution in [2.45, 2.75) is 58.4 Å². The van der Waals surface area contributed by atoms with Crippen molar-refractivity contribution >= 4 is 23.4 Å². The molecule has 1 aliphatic heterocycles. The number of unbranched alkanes of at least 4 members (excludes halogenated alkanes) is 2. The van der Waals surface area contributed by atoms with E-state index in [0.29, 0.717) is 23.7 Å². The highest BCUT2D eigenvalue weighted by molar-refractivity contribution is 6.30. The number of hydrogen-bond donors (Lipinski definition) is 2. The molecule has 0 atom stereocenters. The molecular weight excluding hydrogens is 414 g/mol. The Morgan fingerprint density at radius 1 is 1.06 bits per heavy atom. The van der Waals surface area contributed by atoms with Crippen molar-refractivity contribution < 1.29 is 9.59 Å². The molecule has 1 saturated heterocycles. The average Bonchev–Trinajstić information content (AvgIpc) is 3.10. The lowest BCUT2D eigenvalue weighted by Gasteiger charge is -2.26. The van der Waals surface area contributed by atoms with E-state index in [4.69, 9.17) is 11.6 Å². The number of piperidine rings is 1. The largest absolute Gasteiger partial charge is 0.359 e. The maximum Gasteiger partial charge on any atom is 0.286 e. The lowest BCUT2D eigenvalue weighted by molar-refractivity contribution is -0.120. The molecule has 2 N–H and O–H groups in total. The van der Waals surface area contributed by atoms with Crippen molar-refractivity contribution in [3.63, 3.8) is 0 Å². The monoisotopic (exact) mass is 445 g/mol. The molecule has 7 nitrogen and oxygen atoms in total. The third-order valence-electron chi connectivity index (χ3n) is 5.69. The van der Waals surface area contributed by atoms with Crippen LogP contribution in [0.2, 0.25) is 5.02 Å². The predicted octanol–water partition coefficient (Wildman–Crippen LogP) is 3.95. The van der Waals surface area contributed by atoms with Gasteiger partial charge in [0.25, 0.3) is 5.91 Å². The van der Waals surface area contributed by atoms with Crippen LogP contribution in [0.3, 0.4) is 0 Å². The Bertz CT molecular complexity index is 888. The highest BCUT2D eigenvalue weighted by atomic mass is 35.5. The quantitative estimate of drug-likeness (QED) is 0.573. The molecule has 2 heterocycles. The molecule has 2 aromatic rings. The van der Waals surface area contributed by atoms with Crippen LogP contribution in [0.15, 0.2) is 24.3 Å². The summed E-state index contributed by atoms with van der Waals surface area (Å²) in [6.07, 6.45) is 6.56. The zero-order valence-electron chi connectivity index (χ0n) is 18.4. The van der Waals surface area contributed by atoms with Crippen molar-refractivity contribution in [1.29, 1.82) is 0 Å². The number of benzene rings is 1. The summed E-state index contributed by atoms with van der Waals surface area (Å²) in [4.78, 5) is 24.4. The van der Waals surface area contributed by atoms with Crippen LogP contribution in [0.25, 0.3) is 11.3 Å². The molecule has 168 valence electrons. The van der Waals surface area contributed by atoms with Crippen molar-refractivity contribution in [2.24, 2.45) is 0 Å². The molecular formula is C23H32ClN5O2. The summed E-state index contributed by atoms with van der Waals surface area (Å²) in [5.41, 5.74) is 6.27. The second-order valence-electron chi connectivity index (χ2n) is 8.02. The van der Waals surface area contributed by atoms with Crippen LogP contribution >= 0.6 is 11.6 Å². The molecule has 0 saturated carbocycles. The van der Waals surface area contributed by atoms with Crippen LogP contribution in [-0.4, -0.2) is 46.7 Å². The minimum absolute atomic E-state index is 0.0634. The van der Waals surface area contributed by atoms with E-state index in [1.807, 2.05) is 40.9 Å². The molecule has 0 bridgehead atoms. The van der Waals surface area contributed by atoms with Gasteiger partial charge < -0.3 is 5.32 Å². The second-order valence-corrected chi connectivity index (χ2v) is 8.46. The molecule has 0 spiro atoms. The summed E-state index contributed by atoms with van der Waals surface area (Å²) in [5, 5.41) is 10.0. The van der Waals surface area contributed by atoms with Crippen LogP contribution in [-0.2, 0) is 11.3 Å². The molecule has 1 aromatic carbocycles. The Morgan fingerprint density at radius 3 is 2.45 bits per heavy atom. The van der Waals surface area contributed by atoms with Gasteiger partial charge in [0.2, 0.25) is 5.91 Å². The Labute approximate surface area is 189 Å². The van der Waals surface area contributed by atoms with Crippen molar-refractivity contribution in [3.8, 4) is 11.3 Å². The van der Waals surface area contributed by atoms with Crippen LogP contribution in [0.4, 0.5) is 0 Å². The van der Waals surface area contributed by atoms with Gasteiger partial charge in [0.15, 0.2) is 5.69 Å².